The van der Waals surface area contributed by atoms with E-state index in [1.54, 1.807) is 24.3 Å². The molecule has 26 heavy (non-hydrogen) atoms. The number of hydrogen-bond acceptors (Lipinski definition) is 3. The van der Waals surface area contributed by atoms with Crippen molar-refractivity contribution in [2.75, 3.05) is 11.9 Å². The van der Waals surface area contributed by atoms with Crippen molar-refractivity contribution in [1.29, 1.82) is 0 Å². The van der Waals surface area contributed by atoms with Gasteiger partial charge in [-0.2, -0.15) is 0 Å². The van der Waals surface area contributed by atoms with Crippen LogP contribution in [0.15, 0.2) is 42.5 Å². The molecule has 2 aromatic rings. The maximum Gasteiger partial charge on any atom is 0.314 e. The molecule has 0 heterocycles. The van der Waals surface area contributed by atoms with Gasteiger partial charge in [0.2, 0.25) is 0 Å². The van der Waals surface area contributed by atoms with E-state index in [4.69, 9.17) is 27.9 Å². The summed E-state index contributed by atoms with van der Waals surface area (Å²) >= 11 is 11.7. The van der Waals surface area contributed by atoms with E-state index in [0.29, 0.717) is 5.02 Å². The topological polar surface area (TPSA) is 55.4 Å². The molecule has 0 radical (unpaired) electrons. The van der Waals surface area contributed by atoms with Crippen molar-refractivity contribution < 1.29 is 18.7 Å². The van der Waals surface area contributed by atoms with E-state index in [-0.39, 0.29) is 16.6 Å². The van der Waals surface area contributed by atoms with Crippen LogP contribution in [0.2, 0.25) is 10.0 Å². The van der Waals surface area contributed by atoms with E-state index < -0.39 is 30.2 Å². The molecular formula is C19H18Cl2FNO3. The summed E-state index contributed by atoms with van der Waals surface area (Å²) in [5.41, 5.74) is 1.00. The van der Waals surface area contributed by atoms with Crippen LogP contribution in [0.4, 0.5) is 10.1 Å². The summed E-state index contributed by atoms with van der Waals surface area (Å²) in [6, 6.07) is 10.5. The van der Waals surface area contributed by atoms with Crippen molar-refractivity contribution in [2.45, 2.75) is 19.8 Å². The minimum atomic E-state index is -0.564. The standard InChI is InChI=1S/C19H18Cl2FNO3/c1-11(2)18(12-3-5-13(20)6-4-12)19(25)26-10-17(24)23-16-8-7-14(22)9-15(16)21/h3-9,11,18H,10H2,1-2H3,(H,23,24)/t18-/m1/s1. The van der Waals surface area contributed by atoms with Gasteiger partial charge >= 0.3 is 5.97 Å². The number of esters is 1. The van der Waals surface area contributed by atoms with Crippen LogP contribution in [-0.2, 0) is 14.3 Å². The molecule has 1 amide bonds. The fourth-order valence-corrected chi connectivity index (χ4v) is 2.81. The number of ether oxygens (including phenoxy) is 1. The highest BCUT2D eigenvalue weighted by atomic mass is 35.5. The van der Waals surface area contributed by atoms with E-state index in [0.717, 1.165) is 11.6 Å². The minimum Gasteiger partial charge on any atom is -0.455 e. The second-order valence-corrected chi connectivity index (χ2v) is 6.90. The molecule has 138 valence electrons. The molecule has 2 rings (SSSR count). The molecule has 1 atom stereocenters. The summed E-state index contributed by atoms with van der Waals surface area (Å²) in [6.45, 7) is 3.31. The quantitative estimate of drug-likeness (QED) is 0.693. The molecule has 0 fully saturated rings. The molecule has 1 N–H and O–H groups in total. The third-order valence-corrected chi connectivity index (χ3v) is 4.27. The van der Waals surface area contributed by atoms with Crippen molar-refractivity contribution in [1.82, 2.24) is 0 Å². The summed E-state index contributed by atoms with van der Waals surface area (Å²) in [5, 5.41) is 3.11. The summed E-state index contributed by atoms with van der Waals surface area (Å²) < 4.78 is 18.2. The van der Waals surface area contributed by atoms with Gasteiger partial charge in [0, 0.05) is 5.02 Å². The normalized spacial score (nSPS) is 11.9. The zero-order chi connectivity index (χ0) is 19.3. The SMILES string of the molecule is CC(C)[C@@H](C(=O)OCC(=O)Nc1ccc(F)cc1Cl)c1ccc(Cl)cc1. The van der Waals surface area contributed by atoms with Gasteiger partial charge in [-0.15, -0.1) is 0 Å². The van der Waals surface area contributed by atoms with Crippen molar-refractivity contribution >= 4 is 40.8 Å². The molecule has 0 bridgehead atoms. The van der Waals surface area contributed by atoms with Crippen LogP contribution in [0.5, 0.6) is 0 Å². The summed E-state index contributed by atoms with van der Waals surface area (Å²) in [7, 11) is 0. The Morgan fingerprint density at radius 3 is 2.35 bits per heavy atom. The number of anilines is 1. The molecule has 4 nitrogen and oxygen atoms in total. The highest BCUT2D eigenvalue weighted by Crippen LogP contribution is 2.27. The van der Waals surface area contributed by atoms with Crippen molar-refractivity contribution in [3.63, 3.8) is 0 Å². The predicted molar refractivity (Wildman–Crippen MR) is 100 cm³/mol. The lowest BCUT2D eigenvalue weighted by atomic mass is 9.88. The van der Waals surface area contributed by atoms with Gasteiger partial charge < -0.3 is 10.1 Å². The largest absolute Gasteiger partial charge is 0.455 e. The van der Waals surface area contributed by atoms with Gasteiger partial charge in [0.25, 0.3) is 5.91 Å². The van der Waals surface area contributed by atoms with Crippen LogP contribution >= 0.6 is 23.2 Å². The van der Waals surface area contributed by atoms with Crippen LogP contribution in [0.25, 0.3) is 0 Å². The molecule has 0 unspecified atom stereocenters. The van der Waals surface area contributed by atoms with Gasteiger partial charge in [-0.25, -0.2) is 4.39 Å². The maximum absolute atomic E-state index is 13.0. The van der Waals surface area contributed by atoms with Gasteiger partial charge in [0.15, 0.2) is 6.61 Å². The highest BCUT2D eigenvalue weighted by Gasteiger charge is 2.26. The minimum absolute atomic E-state index is 0.0294. The molecule has 0 saturated heterocycles. The van der Waals surface area contributed by atoms with Gasteiger partial charge in [-0.1, -0.05) is 49.2 Å². The van der Waals surface area contributed by atoms with E-state index in [1.165, 1.54) is 12.1 Å². The molecule has 0 spiro atoms. The lowest BCUT2D eigenvalue weighted by Gasteiger charge is -2.20. The second kappa shape index (κ2) is 9.01. The summed E-state index contributed by atoms with van der Waals surface area (Å²) in [6.07, 6.45) is 0. The summed E-state index contributed by atoms with van der Waals surface area (Å²) in [4.78, 5) is 24.4. The maximum atomic E-state index is 13.0. The highest BCUT2D eigenvalue weighted by molar-refractivity contribution is 6.33. The number of nitrogens with one attached hydrogen (secondary N) is 1. The molecule has 0 aromatic heterocycles. The Labute approximate surface area is 161 Å². The second-order valence-electron chi connectivity index (χ2n) is 6.05. The van der Waals surface area contributed by atoms with E-state index in [2.05, 4.69) is 5.32 Å². The monoisotopic (exact) mass is 397 g/mol. The first-order valence-corrected chi connectivity index (χ1v) is 8.70. The molecule has 2 aromatic carbocycles. The van der Waals surface area contributed by atoms with Crippen LogP contribution in [0.1, 0.15) is 25.3 Å². The van der Waals surface area contributed by atoms with Crippen molar-refractivity contribution in [2.24, 2.45) is 5.92 Å². The average Bonchev–Trinajstić information content (AvgIpc) is 2.57. The predicted octanol–water partition coefficient (Wildman–Crippen LogP) is 5.05. The van der Waals surface area contributed by atoms with Crippen LogP contribution < -0.4 is 5.32 Å². The molecule has 0 aliphatic rings. The lowest BCUT2D eigenvalue weighted by Crippen LogP contribution is -2.26. The summed E-state index contributed by atoms with van der Waals surface area (Å²) in [5.74, 6) is -2.14. The van der Waals surface area contributed by atoms with Crippen LogP contribution in [0, 0.1) is 11.7 Å². The number of benzene rings is 2. The number of halogens is 3. The van der Waals surface area contributed by atoms with E-state index >= 15 is 0 Å². The van der Waals surface area contributed by atoms with E-state index in [9.17, 15) is 14.0 Å². The third-order valence-electron chi connectivity index (χ3n) is 3.70. The van der Waals surface area contributed by atoms with Crippen molar-refractivity contribution in [3.05, 3.63) is 63.9 Å². The van der Waals surface area contributed by atoms with E-state index in [1.807, 2.05) is 13.8 Å². The van der Waals surface area contributed by atoms with Gasteiger partial charge in [-0.05, 0) is 41.8 Å². The van der Waals surface area contributed by atoms with Gasteiger partial charge in [0.05, 0.1) is 16.6 Å². The first-order chi connectivity index (χ1) is 12.3. The number of amides is 1. The Hall–Kier alpha value is -2.11. The third kappa shape index (κ3) is 5.44. The Bertz CT molecular complexity index is 794. The zero-order valence-electron chi connectivity index (χ0n) is 14.3. The smallest absolute Gasteiger partial charge is 0.314 e. The Kier molecular flexibility index (Phi) is 7.00. The molecule has 7 heteroatoms. The fraction of sp³-hybridized carbons (Fsp3) is 0.263. The number of rotatable bonds is 6. The van der Waals surface area contributed by atoms with Gasteiger partial charge in [-0.3, -0.25) is 9.59 Å². The number of hydrogen-bond donors (Lipinski definition) is 1. The average molecular weight is 398 g/mol. The Morgan fingerprint density at radius 2 is 1.77 bits per heavy atom. The lowest BCUT2D eigenvalue weighted by molar-refractivity contribution is -0.149. The fourth-order valence-electron chi connectivity index (χ4n) is 2.47. The molecule has 0 saturated carbocycles. The first kappa shape index (κ1) is 20.2. The van der Waals surface area contributed by atoms with Crippen LogP contribution in [0.3, 0.4) is 0 Å². The molecular weight excluding hydrogens is 380 g/mol. The first-order valence-electron chi connectivity index (χ1n) is 7.95. The van der Waals surface area contributed by atoms with Gasteiger partial charge in [0.1, 0.15) is 5.82 Å². The number of carbonyl (C=O) groups is 2. The number of carbonyl (C=O) groups excluding carboxylic acids is 2. The van der Waals surface area contributed by atoms with Crippen LogP contribution in [-0.4, -0.2) is 18.5 Å². The Balaban J connectivity index is 1.98. The molecule has 0 aliphatic heterocycles. The van der Waals surface area contributed by atoms with Crippen molar-refractivity contribution in [3.8, 4) is 0 Å². The molecule has 0 aliphatic carbocycles. The Morgan fingerprint density at radius 1 is 1.12 bits per heavy atom. The zero-order valence-corrected chi connectivity index (χ0v) is 15.8.